The van der Waals surface area contributed by atoms with Crippen molar-refractivity contribution in [2.75, 3.05) is 31.7 Å². The lowest BCUT2D eigenvalue weighted by Crippen LogP contribution is -2.14. The molecule has 1 unspecified atom stereocenters. The molecule has 0 aliphatic carbocycles. The van der Waals surface area contributed by atoms with Crippen LogP contribution in [-0.2, 0) is 31.5 Å². The second kappa shape index (κ2) is 12.0. The first-order valence-electron chi connectivity index (χ1n) is 11.3. The number of carbonyl (C=O) groups excluding carboxylic acids is 1. The molecule has 0 saturated heterocycles. The first kappa shape index (κ1) is 26.4. The van der Waals surface area contributed by atoms with Crippen molar-refractivity contribution in [2.45, 2.75) is 13.2 Å². The standard InChI is InChI=1S/C24H25FN5O6P/c25-19-8-4-5-17(13-19)14-35-37(33,36-15-20(31)18-6-2-1-3-7-18)12-11-34-10-9-30-16-27-21-22(30)28-24(26)29-23(21)32/h1-8,13,16H,9-12,14-15H2,(H3,26,28,29,32). The summed E-state index contributed by atoms with van der Waals surface area (Å²) in [5.74, 6) is -0.840. The van der Waals surface area contributed by atoms with Crippen molar-refractivity contribution in [1.29, 1.82) is 0 Å². The van der Waals surface area contributed by atoms with E-state index in [1.54, 1.807) is 41.0 Å². The zero-order valence-corrected chi connectivity index (χ0v) is 20.6. The maximum absolute atomic E-state index is 13.5. The van der Waals surface area contributed by atoms with Crippen molar-refractivity contribution in [3.8, 4) is 0 Å². The molecule has 0 fully saturated rings. The van der Waals surface area contributed by atoms with E-state index in [2.05, 4.69) is 15.0 Å². The Morgan fingerprint density at radius 1 is 1.11 bits per heavy atom. The number of carbonyl (C=O) groups is 1. The molecule has 2 aromatic heterocycles. The SMILES string of the molecule is Nc1nc2c(ncn2CCOCCP(=O)(OCC(=O)c2ccccc2)OCc2cccc(F)c2)c(=O)[nH]1. The summed E-state index contributed by atoms with van der Waals surface area (Å²) < 4.78 is 45.1. The summed E-state index contributed by atoms with van der Waals surface area (Å²) >= 11 is 0. The van der Waals surface area contributed by atoms with Gasteiger partial charge in [0.2, 0.25) is 5.95 Å². The van der Waals surface area contributed by atoms with Crippen molar-refractivity contribution in [1.82, 2.24) is 19.5 Å². The molecule has 0 spiro atoms. The van der Waals surface area contributed by atoms with E-state index in [4.69, 9.17) is 19.5 Å². The minimum absolute atomic E-state index is 0.0112. The van der Waals surface area contributed by atoms with Gasteiger partial charge >= 0.3 is 7.60 Å². The van der Waals surface area contributed by atoms with Gasteiger partial charge in [-0.05, 0) is 17.7 Å². The van der Waals surface area contributed by atoms with Gasteiger partial charge in [-0.2, -0.15) is 4.98 Å². The number of fused-ring (bicyclic) bond motifs is 1. The number of aromatic nitrogens is 4. The maximum atomic E-state index is 13.5. The number of Topliss-reactive ketones (excluding diaryl/α,β-unsaturated/α-hetero) is 1. The molecule has 1 atom stereocenters. The molecular formula is C24H25FN5O6P. The number of nitrogens with zero attached hydrogens (tertiary/aromatic N) is 3. The smallest absolute Gasteiger partial charge is 0.333 e. The monoisotopic (exact) mass is 529 g/mol. The molecule has 2 aromatic carbocycles. The number of imidazole rings is 1. The molecule has 194 valence electrons. The molecule has 4 aromatic rings. The van der Waals surface area contributed by atoms with E-state index >= 15 is 0 Å². The fourth-order valence-electron chi connectivity index (χ4n) is 3.41. The molecular weight excluding hydrogens is 504 g/mol. The van der Waals surface area contributed by atoms with Crippen molar-refractivity contribution in [3.05, 3.63) is 88.2 Å². The van der Waals surface area contributed by atoms with Crippen LogP contribution in [-0.4, -0.2) is 51.3 Å². The third-order valence-corrected chi connectivity index (χ3v) is 7.06. The van der Waals surface area contributed by atoms with Crippen LogP contribution in [0.15, 0.2) is 65.7 Å². The van der Waals surface area contributed by atoms with Gasteiger partial charge in [0.05, 0.1) is 32.3 Å². The Morgan fingerprint density at radius 2 is 1.92 bits per heavy atom. The summed E-state index contributed by atoms with van der Waals surface area (Å²) in [7, 11) is -3.79. The number of nitrogens with one attached hydrogen (secondary N) is 1. The van der Waals surface area contributed by atoms with Crippen LogP contribution in [0, 0.1) is 5.82 Å². The normalized spacial score (nSPS) is 13.0. The number of ether oxygens (including phenoxy) is 1. The number of halogens is 1. The molecule has 0 aliphatic rings. The number of benzene rings is 2. The van der Waals surface area contributed by atoms with Crippen LogP contribution in [0.2, 0.25) is 0 Å². The Hall–Kier alpha value is -3.70. The number of ketones is 1. The van der Waals surface area contributed by atoms with Crippen molar-refractivity contribution in [3.63, 3.8) is 0 Å². The number of rotatable bonds is 13. The Labute approximate surface area is 210 Å². The molecule has 0 bridgehead atoms. The third-order valence-electron chi connectivity index (χ3n) is 5.28. The minimum atomic E-state index is -3.79. The van der Waals surface area contributed by atoms with Crippen LogP contribution in [0.3, 0.4) is 0 Å². The predicted octanol–water partition coefficient (Wildman–Crippen LogP) is 3.17. The van der Waals surface area contributed by atoms with Gasteiger partial charge in [-0.15, -0.1) is 0 Å². The highest BCUT2D eigenvalue weighted by Gasteiger charge is 2.26. The first-order chi connectivity index (χ1) is 17.8. The van der Waals surface area contributed by atoms with Gasteiger partial charge in [0, 0.05) is 12.1 Å². The highest BCUT2D eigenvalue weighted by atomic mass is 31.2. The van der Waals surface area contributed by atoms with Crippen molar-refractivity contribution in [2.24, 2.45) is 0 Å². The van der Waals surface area contributed by atoms with Crippen molar-refractivity contribution < 1.29 is 27.5 Å². The summed E-state index contributed by atoms with van der Waals surface area (Å²) in [5.41, 5.74) is 6.50. The average Bonchev–Trinajstić information content (AvgIpc) is 3.29. The lowest BCUT2D eigenvalue weighted by atomic mass is 10.1. The van der Waals surface area contributed by atoms with Gasteiger partial charge < -0.3 is 24.1 Å². The van der Waals surface area contributed by atoms with Crippen LogP contribution in [0.1, 0.15) is 15.9 Å². The van der Waals surface area contributed by atoms with Gasteiger partial charge in [-0.1, -0.05) is 42.5 Å². The molecule has 3 N–H and O–H groups in total. The van der Waals surface area contributed by atoms with Gasteiger partial charge in [-0.25, -0.2) is 9.37 Å². The van der Waals surface area contributed by atoms with Crippen LogP contribution >= 0.6 is 7.60 Å². The molecule has 37 heavy (non-hydrogen) atoms. The number of hydrogen-bond donors (Lipinski definition) is 2. The maximum Gasteiger partial charge on any atom is 0.333 e. The van der Waals surface area contributed by atoms with Crippen molar-refractivity contribution >= 4 is 30.5 Å². The van der Waals surface area contributed by atoms with Crippen LogP contribution in [0.4, 0.5) is 10.3 Å². The minimum Gasteiger partial charge on any atom is -0.379 e. The predicted molar refractivity (Wildman–Crippen MR) is 134 cm³/mol. The van der Waals surface area contributed by atoms with E-state index in [1.165, 1.54) is 24.5 Å². The number of anilines is 1. The van der Waals surface area contributed by atoms with E-state index in [1.807, 2.05) is 0 Å². The van der Waals surface area contributed by atoms with Crippen LogP contribution in [0.25, 0.3) is 11.2 Å². The highest BCUT2D eigenvalue weighted by Crippen LogP contribution is 2.48. The van der Waals surface area contributed by atoms with E-state index in [9.17, 15) is 18.5 Å². The second-order valence-corrected chi connectivity index (χ2v) is 10.2. The molecule has 0 saturated carbocycles. The van der Waals surface area contributed by atoms with E-state index in [0.717, 1.165) is 0 Å². The average molecular weight is 529 g/mol. The fourth-order valence-corrected chi connectivity index (χ4v) is 4.75. The Kier molecular flexibility index (Phi) is 8.57. The Balaban J connectivity index is 1.34. The Morgan fingerprint density at radius 3 is 2.70 bits per heavy atom. The van der Waals surface area contributed by atoms with Gasteiger partial charge in [0.1, 0.15) is 12.4 Å². The number of H-pyrrole nitrogens is 1. The Bertz CT molecular complexity index is 1480. The lowest BCUT2D eigenvalue weighted by molar-refractivity contribution is 0.0885. The summed E-state index contributed by atoms with van der Waals surface area (Å²) in [5, 5.41) is 0. The number of nitrogen functional groups attached to an aromatic ring is 1. The summed E-state index contributed by atoms with van der Waals surface area (Å²) in [4.78, 5) is 34.8. The number of hydrogen-bond acceptors (Lipinski definition) is 9. The van der Waals surface area contributed by atoms with Gasteiger partial charge in [0.15, 0.2) is 16.9 Å². The molecule has 0 radical (unpaired) electrons. The number of aromatic amines is 1. The molecule has 13 heteroatoms. The zero-order chi connectivity index (χ0) is 26.3. The summed E-state index contributed by atoms with van der Waals surface area (Å²) in [6.45, 7) is -0.159. The van der Waals surface area contributed by atoms with Gasteiger partial charge in [-0.3, -0.25) is 19.1 Å². The van der Waals surface area contributed by atoms with Crippen LogP contribution < -0.4 is 11.3 Å². The molecule has 11 nitrogen and oxygen atoms in total. The quantitative estimate of drug-likeness (QED) is 0.151. The largest absolute Gasteiger partial charge is 0.379 e. The highest BCUT2D eigenvalue weighted by molar-refractivity contribution is 7.53. The lowest BCUT2D eigenvalue weighted by Gasteiger charge is -2.19. The van der Waals surface area contributed by atoms with E-state index < -0.39 is 25.6 Å². The fraction of sp³-hybridized carbons (Fsp3) is 0.250. The first-order valence-corrected chi connectivity index (χ1v) is 13.0. The van der Waals surface area contributed by atoms with E-state index in [0.29, 0.717) is 23.3 Å². The molecule has 0 aliphatic heterocycles. The molecule has 2 heterocycles. The van der Waals surface area contributed by atoms with E-state index in [-0.39, 0.29) is 43.2 Å². The zero-order valence-electron chi connectivity index (χ0n) is 19.7. The molecule has 4 rings (SSSR count). The second-order valence-electron chi connectivity index (χ2n) is 7.97. The third kappa shape index (κ3) is 7.17. The summed E-state index contributed by atoms with van der Waals surface area (Å²) in [6, 6.07) is 14.1. The van der Waals surface area contributed by atoms with Crippen LogP contribution in [0.5, 0.6) is 0 Å². The number of nitrogens with two attached hydrogens (primary N) is 1. The topological polar surface area (TPSA) is 151 Å². The molecule has 0 amide bonds. The van der Waals surface area contributed by atoms with Gasteiger partial charge in [0.25, 0.3) is 5.56 Å². The summed E-state index contributed by atoms with van der Waals surface area (Å²) in [6.07, 6.45) is 1.31.